The van der Waals surface area contributed by atoms with E-state index < -0.39 is 0 Å². The fourth-order valence-corrected chi connectivity index (χ4v) is 1.03. The molecule has 0 spiro atoms. The maximum atomic E-state index is 10.4. The average molecular weight is 176 g/mol. The minimum atomic E-state index is 0.157. The molecule has 0 fully saturated rings. The van der Waals surface area contributed by atoms with Gasteiger partial charge in [-0.2, -0.15) is 0 Å². The molecule has 0 saturated carbocycles. The molecular formula is C11H12O2. The number of hydrogen-bond acceptors (Lipinski definition) is 2. The third-order valence-corrected chi connectivity index (χ3v) is 1.65. The smallest absolute Gasteiger partial charge is 0.150 e. The predicted octanol–water partition coefficient (Wildman–Crippen LogP) is 1.89. The lowest BCUT2D eigenvalue weighted by atomic mass is 10.1. The maximum Gasteiger partial charge on any atom is 0.150 e. The van der Waals surface area contributed by atoms with E-state index in [4.69, 9.17) is 5.11 Å². The first-order valence-electron chi connectivity index (χ1n) is 4.19. The van der Waals surface area contributed by atoms with Crippen LogP contribution in [0.5, 0.6) is 0 Å². The second kappa shape index (κ2) is 5.27. The first-order valence-corrected chi connectivity index (χ1v) is 4.19. The number of rotatable bonds is 4. The summed E-state index contributed by atoms with van der Waals surface area (Å²) in [6.45, 7) is 0.157. The predicted molar refractivity (Wildman–Crippen MR) is 52.6 cm³/mol. The summed E-state index contributed by atoms with van der Waals surface area (Å²) < 4.78 is 0. The zero-order chi connectivity index (χ0) is 9.52. The molecular weight excluding hydrogens is 164 g/mol. The second-order valence-electron chi connectivity index (χ2n) is 2.70. The van der Waals surface area contributed by atoms with Gasteiger partial charge < -0.3 is 5.11 Å². The van der Waals surface area contributed by atoms with Gasteiger partial charge in [0.25, 0.3) is 0 Å². The van der Waals surface area contributed by atoms with Crippen LogP contribution in [0.15, 0.2) is 30.3 Å². The Morgan fingerprint density at radius 1 is 1.31 bits per heavy atom. The highest BCUT2D eigenvalue weighted by Crippen LogP contribution is 2.05. The van der Waals surface area contributed by atoms with Crippen molar-refractivity contribution in [3.05, 3.63) is 41.5 Å². The van der Waals surface area contributed by atoms with Crippen LogP contribution < -0.4 is 0 Å². The first kappa shape index (κ1) is 9.68. The van der Waals surface area contributed by atoms with E-state index in [1.807, 2.05) is 24.3 Å². The molecule has 0 atom stereocenters. The normalized spacial score (nSPS) is 10.5. The van der Waals surface area contributed by atoms with Gasteiger partial charge in [0.2, 0.25) is 0 Å². The number of carbonyl (C=O) groups is 1. The lowest BCUT2D eigenvalue weighted by Gasteiger charge is -1.93. The molecule has 1 N–H and O–H groups in total. The summed E-state index contributed by atoms with van der Waals surface area (Å²) in [5, 5.41) is 8.54. The van der Waals surface area contributed by atoms with Crippen LogP contribution in [0.1, 0.15) is 22.3 Å². The van der Waals surface area contributed by atoms with Crippen molar-refractivity contribution < 1.29 is 9.90 Å². The van der Waals surface area contributed by atoms with Gasteiger partial charge in [0.05, 0.1) is 0 Å². The Bertz CT molecular complexity index is 303. The van der Waals surface area contributed by atoms with Gasteiger partial charge in [-0.05, 0) is 18.1 Å². The van der Waals surface area contributed by atoms with Crippen LogP contribution in [0.3, 0.4) is 0 Å². The molecule has 0 heterocycles. The van der Waals surface area contributed by atoms with Crippen LogP contribution in [0, 0.1) is 0 Å². The number of hydrogen-bond donors (Lipinski definition) is 1. The van der Waals surface area contributed by atoms with Crippen molar-refractivity contribution in [3.8, 4) is 0 Å². The Kier molecular flexibility index (Phi) is 3.93. The van der Waals surface area contributed by atoms with E-state index in [0.717, 1.165) is 11.8 Å². The lowest BCUT2D eigenvalue weighted by molar-refractivity contribution is 0.112. The van der Waals surface area contributed by atoms with Gasteiger partial charge in [-0.25, -0.2) is 0 Å². The Labute approximate surface area is 77.5 Å². The molecule has 1 aromatic carbocycles. The molecule has 68 valence electrons. The summed E-state index contributed by atoms with van der Waals surface area (Å²) in [7, 11) is 0. The third-order valence-electron chi connectivity index (χ3n) is 1.65. The van der Waals surface area contributed by atoms with E-state index in [1.165, 1.54) is 0 Å². The van der Waals surface area contributed by atoms with E-state index in [2.05, 4.69) is 0 Å². The first-order chi connectivity index (χ1) is 6.36. The average Bonchev–Trinajstić information content (AvgIpc) is 2.19. The number of aliphatic hydroxyl groups is 1. The summed E-state index contributed by atoms with van der Waals surface area (Å²) in [4.78, 5) is 10.4. The molecule has 13 heavy (non-hydrogen) atoms. The molecule has 0 aliphatic heterocycles. The van der Waals surface area contributed by atoms with Crippen molar-refractivity contribution >= 4 is 12.4 Å². The number of aliphatic hydroxyl groups excluding tert-OH is 1. The second-order valence-corrected chi connectivity index (χ2v) is 2.70. The van der Waals surface area contributed by atoms with Crippen LogP contribution in [-0.2, 0) is 0 Å². The maximum absolute atomic E-state index is 10.4. The highest BCUT2D eigenvalue weighted by molar-refractivity contribution is 5.76. The Balaban J connectivity index is 2.71. The minimum Gasteiger partial charge on any atom is -0.396 e. The van der Waals surface area contributed by atoms with Crippen molar-refractivity contribution in [2.75, 3.05) is 6.61 Å². The molecule has 0 aliphatic rings. The highest BCUT2D eigenvalue weighted by atomic mass is 16.2. The van der Waals surface area contributed by atoms with E-state index in [9.17, 15) is 4.79 Å². The molecule has 0 aromatic heterocycles. The molecule has 0 aliphatic carbocycles. The van der Waals surface area contributed by atoms with Gasteiger partial charge >= 0.3 is 0 Å². The van der Waals surface area contributed by atoms with Gasteiger partial charge in [0.15, 0.2) is 0 Å². The topological polar surface area (TPSA) is 37.3 Å². The van der Waals surface area contributed by atoms with Gasteiger partial charge in [0, 0.05) is 12.2 Å². The van der Waals surface area contributed by atoms with E-state index in [0.29, 0.717) is 12.0 Å². The Hall–Kier alpha value is -1.41. The molecule has 0 unspecified atom stereocenters. The third kappa shape index (κ3) is 3.22. The minimum absolute atomic E-state index is 0.157. The van der Waals surface area contributed by atoms with Gasteiger partial charge in [-0.3, -0.25) is 4.79 Å². The molecule has 0 saturated heterocycles. The Morgan fingerprint density at radius 2 is 2.08 bits per heavy atom. The zero-order valence-corrected chi connectivity index (χ0v) is 7.31. The van der Waals surface area contributed by atoms with Crippen LogP contribution in [-0.4, -0.2) is 18.0 Å². The summed E-state index contributed by atoms with van der Waals surface area (Å²) in [5.41, 5.74) is 1.66. The van der Waals surface area contributed by atoms with Crippen molar-refractivity contribution in [2.24, 2.45) is 0 Å². The molecule has 0 amide bonds. The van der Waals surface area contributed by atoms with Crippen LogP contribution in [0.2, 0.25) is 0 Å². The van der Waals surface area contributed by atoms with E-state index in [1.54, 1.807) is 12.1 Å². The lowest BCUT2D eigenvalue weighted by Crippen LogP contribution is -1.80. The molecule has 1 rings (SSSR count). The van der Waals surface area contributed by atoms with Crippen LogP contribution >= 0.6 is 0 Å². The molecule has 1 aromatic rings. The highest BCUT2D eigenvalue weighted by Gasteiger charge is 1.89. The molecule has 2 nitrogen and oxygen atoms in total. The summed E-state index contributed by atoms with van der Waals surface area (Å²) in [5.74, 6) is 0. The van der Waals surface area contributed by atoms with Crippen LogP contribution in [0.25, 0.3) is 6.08 Å². The standard InChI is InChI=1S/C11H12O2/c12-7-2-1-4-10-5-3-6-11(8-10)9-13/h1,3-6,8-9,12H,2,7H2/b4-1-. The van der Waals surface area contributed by atoms with Gasteiger partial charge in [-0.15, -0.1) is 0 Å². The van der Waals surface area contributed by atoms with Crippen molar-refractivity contribution in [2.45, 2.75) is 6.42 Å². The molecule has 0 bridgehead atoms. The van der Waals surface area contributed by atoms with E-state index >= 15 is 0 Å². The zero-order valence-electron chi connectivity index (χ0n) is 7.31. The summed E-state index contributed by atoms with van der Waals surface area (Å²) in [6.07, 6.45) is 5.24. The monoisotopic (exact) mass is 176 g/mol. The Morgan fingerprint density at radius 3 is 2.77 bits per heavy atom. The van der Waals surface area contributed by atoms with Crippen molar-refractivity contribution in [1.29, 1.82) is 0 Å². The number of aldehydes is 1. The fourth-order valence-electron chi connectivity index (χ4n) is 1.03. The van der Waals surface area contributed by atoms with E-state index in [-0.39, 0.29) is 6.61 Å². The fraction of sp³-hybridized carbons (Fsp3) is 0.182. The quantitative estimate of drug-likeness (QED) is 0.711. The van der Waals surface area contributed by atoms with Gasteiger partial charge in [0.1, 0.15) is 6.29 Å². The molecule has 0 radical (unpaired) electrons. The number of benzene rings is 1. The summed E-state index contributed by atoms with van der Waals surface area (Å²) in [6, 6.07) is 7.32. The summed E-state index contributed by atoms with van der Waals surface area (Å²) >= 11 is 0. The van der Waals surface area contributed by atoms with Crippen molar-refractivity contribution in [1.82, 2.24) is 0 Å². The SMILES string of the molecule is O=Cc1cccc(/C=C\CCO)c1. The molecule has 2 heteroatoms. The van der Waals surface area contributed by atoms with Crippen LogP contribution in [0.4, 0.5) is 0 Å². The largest absolute Gasteiger partial charge is 0.396 e. The number of carbonyl (C=O) groups excluding carboxylic acids is 1. The van der Waals surface area contributed by atoms with Gasteiger partial charge in [-0.1, -0.05) is 30.4 Å². The van der Waals surface area contributed by atoms with Crippen molar-refractivity contribution in [3.63, 3.8) is 0 Å².